The molecule has 33 heavy (non-hydrogen) atoms. The first-order chi connectivity index (χ1) is 16.1. The fraction of sp³-hybridized carbons (Fsp3) is 0.933. The number of imide groups is 1. The van der Waals surface area contributed by atoms with Gasteiger partial charge < -0.3 is 0 Å². The summed E-state index contributed by atoms with van der Waals surface area (Å²) in [5, 5.41) is 0. The average Bonchev–Trinajstić information content (AvgIpc) is 2.78. The molecular formula is C30H59NO2. The normalized spacial score (nSPS) is 11.1. The van der Waals surface area contributed by atoms with Gasteiger partial charge in [-0.1, -0.05) is 155 Å². The van der Waals surface area contributed by atoms with Crippen LogP contribution in [0.25, 0.3) is 0 Å². The molecule has 0 fully saturated rings. The molecule has 0 atom stereocenters. The summed E-state index contributed by atoms with van der Waals surface area (Å²) >= 11 is 0. The molecule has 0 bridgehead atoms. The number of amides is 2. The summed E-state index contributed by atoms with van der Waals surface area (Å²) < 4.78 is 0. The van der Waals surface area contributed by atoms with Gasteiger partial charge in [0.25, 0.3) is 0 Å². The van der Waals surface area contributed by atoms with Gasteiger partial charge in [-0.2, -0.15) is 0 Å². The van der Waals surface area contributed by atoms with Gasteiger partial charge in [0.2, 0.25) is 11.8 Å². The maximum atomic E-state index is 11.4. The van der Waals surface area contributed by atoms with Gasteiger partial charge in [-0.15, -0.1) is 0 Å². The summed E-state index contributed by atoms with van der Waals surface area (Å²) in [5.41, 5.74) is 0. The van der Waals surface area contributed by atoms with E-state index >= 15 is 0 Å². The van der Waals surface area contributed by atoms with Crippen LogP contribution in [-0.2, 0) is 9.59 Å². The predicted octanol–water partition coefficient (Wildman–Crippen LogP) is 9.76. The molecule has 0 aliphatic heterocycles. The standard InChI is InChI=1S/C30H59NO2/c1-4-5-6-7-8-9-10-11-12-13-14-15-16-17-18-19-20-21-22-23-24-25-26-27-28-31(29(2)32)30(3)33/h4-28H2,1-3H3. The molecule has 0 spiro atoms. The Balaban J connectivity index is 3.14. The highest BCUT2D eigenvalue weighted by molar-refractivity contribution is 5.92. The first-order valence-electron chi connectivity index (χ1n) is 14.9. The van der Waals surface area contributed by atoms with Crippen molar-refractivity contribution >= 4 is 11.8 Å². The van der Waals surface area contributed by atoms with E-state index in [1.54, 1.807) is 0 Å². The topological polar surface area (TPSA) is 37.4 Å². The average molecular weight is 466 g/mol. The molecular weight excluding hydrogens is 406 g/mol. The minimum absolute atomic E-state index is 0.128. The van der Waals surface area contributed by atoms with Crippen molar-refractivity contribution in [3.05, 3.63) is 0 Å². The van der Waals surface area contributed by atoms with E-state index in [4.69, 9.17) is 0 Å². The van der Waals surface area contributed by atoms with E-state index in [0.717, 1.165) is 12.8 Å². The van der Waals surface area contributed by atoms with Crippen molar-refractivity contribution in [1.82, 2.24) is 4.90 Å². The molecule has 0 N–H and O–H groups in total. The zero-order chi connectivity index (χ0) is 24.4. The van der Waals surface area contributed by atoms with Crippen molar-refractivity contribution in [3.8, 4) is 0 Å². The highest BCUT2D eigenvalue weighted by Crippen LogP contribution is 2.15. The van der Waals surface area contributed by atoms with Crippen LogP contribution in [-0.4, -0.2) is 23.3 Å². The number of hydrogen-bond acceptors (Lipinski definition) is 2. The summed E-state index contributed by atoms with van der Waals surface area (Å²) in [4.78, 5) is 24.1. The first-order valence-corrected chi connectivity index (χ1v) is 14.9. The molecule has 0 heterocycles. The van der Waals surface area contributed by atoms with E-state index in [0.29, 0.717) is 6.54 Å². The third kappa shape index (κ3) is 24.1. The minimum Gasteiger partial charge on any atom is -0.283 e. The van der Waals surface area contributed by atoms with E-state index in [9.17, 15) is 9.59 Å². The monoisotopic (exact) mass is 465 g/mol. The Morgan fingerprint density at radius 1 is 0.394 bits per heavy atom. The van der Waals surface area contributed by atoms with Crippen LogP contribution in [0.3, 0.4) is 0 Å². The summed E-state index contributed by atoms with van der Waals surface area (Å²) in [6.45, 7) is 5.83. The summed E-state index contributed by atoms with van der Waals surface area (Å²) in [5.74, 6) is -0.256. The molecule has 0 radical (unpaired) electrons. The summed E-state index contributed by atoms with van der Waals surface area (Å²) in [7, 11) is 0. The number of nitrogens with zero attached hydrogens (tertiary/aromatic N) is 1. The smallest absolute Gasteiger partial charge is 0.226 e. The molecule has 0 rings (SSSR count). The third-order valence-corrected chi connectivity index (χ3v) is 7.00. The zero-order valence-electron chi connectivity index (χ0n) is 22.9. The largest absolute Gasteiger partial charge is 0.283 e. The molecule has 0 unspecified atom stereocenters. The molecule has 196 valence electrons. The summed E-state index contributed by atoms with van der Waals surface area (Å²) in [6, 6.07) is 0. The lowest BCUT2D eigenvalue weighted by Crippen LogP contribution is -2.34. The molecule has 3 nitrogen and oxygen atoms in total. The van der Waals surface area contributed by atoms with Gasteiger partial charge in [0.05, 0.1) is 0 Å². The number of hydrogen-bond donors (Lipinski definition) is 0. The predicted molar refractivity (Wildman–Crippen MR) is 145 cm³/mol. The maximum absolute atomic E-state index is 11.4. The van der Waals surface area contributed by atoms with Crippen LogP contribution >= 0.6 is 0 Å². The number of rotatable bonds is 25. The molecule has 0 saturated carbocycles. The van der Waals surface area contributed by atoms with E-state index in [1.807, 2.05) is 0 Å². The Bertz CT molecular complexity index is 421. The molecule has 2 amide bonds. The van der Waals surface area contributed by atoms with Crippen molar-refractivity contribution < 1.29 is 9.59 Å². The molecule has 0 aliphatic carbocycles. The van der Waals surface area contributed by atoms with E-state index in [1.165, 1.54) is 160 Å². The second kappa shape index (κ2) is 25.8. The van der Waals surface area contributed by atoms with E-state index in [2.05, 4.69) is 6.92 Å². The highest BCUT2D eigenvalue weighted by atomic mass is 16.2. The van der Waals surface area contributed by atoms with Gasteiger partial charge in [0.1, 0.15) is 0 Å². The van der Waals surface area contributed by atoms with Gasteiger partial charge in [-0.05, 0) is 6.42 Å². The fourth-order valence-electron chi connectivity index (χ4n) is 4.77. The maximum Gasteiger partial charge on any atom is 0.226 e. The zero-order valence-corrected chi connectivity index (χ0v) is 22.9. The molecule has 0 aromatic carbocycles. The van der Waals surface area contributed by atoms with Crippen LogP contribution in [0.5, 0.6) is 0 Å². The van der Waals surface area contributed by atoms with Crippen molar-refractivity contribution in [2.75, 3.05) is 6.54 Å². The van der Waals surface area contributed by atoms with Crippen molar-refractivity contribution in [2.45, 2.75) is 175 Å². The third-order valence-electron chi connectivity index (χ3n) is 7.00. The number of carbonyl (C=O) groups excluding carboxylic acids is 2. The minimum atomic E-state index is -0.128. The molecule has 0 aliphatic rings. The SMILES string of the molecule is CCCCCCCCCCCCCCCCCCCCCCCCCCN(C(C)=O)C(C)=O. The second-order valence-electron chi connectivity index (χ2n) is 10.3. The van der Waals surface area contributed by atoms with Crippen LogP contribution in [0.2, 0.25) is 0 Å². The van der Waals surface area contributed by atoms with Gasteiger partial charge >= 0.3 is 0 Å². The molecule has 0 aromatic heterocycles. The Hall–Kier alpha value is -0.860. The quantitative estimate of drug-likeness (QED) is 0.126. The number of carbonyl (C=O) groups is 2. The molecule has 0 saturated heterocycles. The van der Waals surface area contributed by atoms with E-state index < -0.39 is 0 Å². The van der Waals surface area contributed by atoms with Crippen molar-refractivity contribution in [1.29, 1.82) is 0 Å². The van der Waals surface area contributed by atoms with Crippen LogP contribution in [0.1, 0.15) is 175 Å². The van der Waals surface area contributed by atoms with Crippen LogP contribution in [0, 0.1) is 0 Å². The summed E-state index contributed by atoms with van der Waals surface area (Å²) in [6.07, 6.45) is 33.2. The fourth-order valence-corrected chi connectivity index (χ4v) is 4.77. The van der Waals surface area contributed by atoms with Crippen molar-refractivity contribution in [2.24, 2.45) is 0 Å². The van der Waals surface area contributed by atoms with Crippen molar-refractivity contribution in [3.63, 3.8) is 0 Å². The first kappa shape index (κ1) is 32.1. The molecule has 0 aromatic rings. The Labute approximate surface area is 207 Å². The Morgan fingerprint density at radius 3 is 0.818 bits per heavy atom. The molecule has 3 heteroatoms. The van der Waals surface area contributed by atoms with Gasteiger partial charge in [0, 0.05) is 20.4 Å². The lowest BCUT2D eigenvalue weighted by Gasteiger charge is -2.16. The van der Waals surface area contributed by atoms with Crippen LogP contribution in [0.4, 0.5) is 0 Å². The Kier molecular flexibility index (Phi) is 25.1. The lowest BCUT2D eigenvalue weighted by molar-refractivity contribution is -0.142. The van der Waals surface area contributed by atoms with Crippen LogP contribution in [0.15, 0.2) is 0 Å². The second-order valence-corrected chi connectivity index (χ2v) is 10.3. The Morgan fingerprint density at radius 2 is 0.606 bits per heavy atom. The number of unbranched alkanes of at least 4 members (excludes halogenated alkanes) is 23. The highest BCUT2D eigenvalue weighted by Gasteiger charge is 2.12. The van der Waals surface area contributed by atoms with Crippen LogP contribution < -0.4 is 0 Å². The lowest BCUT2D eigenvalue weighted by atomic mass is 10.0. The van der Waals surface area contributed by atoms with E-state index in [-0.39, 0.29) is 11.8 Å². The van der Waals surface area contributed by atoms with Gasteiger partial charge in [-0.25, -0.2) is 0 Å². The van der Waals surface area contributed by atoms with Gasteiger partial charge in [-0.3, -0.25) is 14.5 Å². The van der Waals surface area contributed by atoms with Gasteiger partial charge in [0.15, 0.2) is 0 Å².